The van der Waals surface area contributed by atoms with E-state index in [0.29, 0.717) is 21.8 Å². The maximum Gasteiger partial charge on any atom is 0.144 e. The molecule has 90 valence electrons. The van der Waals surface area contributed by atoms with Crippen LogP contribution in [0.25, 0.3) is 0 Å². The van der Waals surface area contributed by atoms with Crippen molar-refractivity contribution in [1.82, 2.24) is 10.3 Å². The molecule has 16 heavy (non-hydrogen) atoms. The van der Waals surface area contributed by atoms with Crippen molar-refractivity contribution < 1.29 is 0 Å². The maximum absolute atomic E-state index is 5.96. The molecular formula is C11H17Cl2N3. The van der Waals surface area contributed by atoms with E-state index >= 15 is 0 Å². The summed E-state index contributed by atoms with van der Waals surface area (Å²) < 4.78 is 0. The number of pyridine rings is 1. The molecule has 1 heterocycles. The van der Waals surface area contributed by atoms with Gasteiger partial charge in [-0.2, -0.15) is 0 Å². The monoisotopic (exact) mass is 261 g/mol. The number of rotatable bonds is 6. The SMILES string of the molecule is CC(C)CNCCNc1ncc(Cl)cc1Cl. The van der Waals surface area contributed by atoms with Crippen LogP contribution in [0.4, 0.5) is 5.82 Å². The first-order chi connectivity index (χ1) is 7.59. The minimum absolute atomic E-state index is 0.550. The summed E-state index contributed by atoms with van der Waals surface area (Å²) in [4.78, 5) is 4.11. The molecule has 0 saturated carbocycles. The van der Waals surface area contributed by atoms with Crippen LogP contribution in [-0.2, 0) is 0 Å². The summed E-state index contributed by atoms with van der Waals surface area (Å²) in [5, 5.41) is 7.58. The largest absolute Gasteiger partial charge is 0.368 e. The van der Waals surface area contributed by atoms with Gasteiger partial charge in [-0.05, 0) is 18.5 Å². The van der Waals surface area contributed by atoms with Gasteiger partial charge in [-0.15, -0.1) is 0 Å². The molecule has 0 aliphatic rings. The van der Waals surface area contributed by atoms with E-state index < -0.39 is 0 Å². The van der Waals surface area contributed by atoms with Crippen molar-refractivity contribution in [3.8, 4) is 0 Å². The minimum Gasteiger partial charge on any atom is -0.368 e. The van der Waals surface area contributed by atoms with E-state index in [-0.39, 0.29) is 0 Å². The Balaban J connectivity index is 2.27. The molecule has 0 saturated heterocycles. The van der Waals surface area contributed by atoms with Crippen LogP contribution in [0.3, 0.4) is 0 Å². The van der Waals surface area contributed by atoms with Gasteiger partial charge in [0.2, 0.25) is 0 Å². The zero-order valence-electron chi connectivity index (χ0n) is 9.56. The van der Waals surface area contributed by atoms with Gasteiger partial charge in [0.05, 0.1) is 10.0 Å². The molecule has 2 N–H and O–H groups in total. The molecule has 0 aliphatic carbocycles. The average molecular weight is 262 g/mol. The lowest BCUT2D eigenvalue weighted by Gasteiger charge is -2.09. The Hall–Kier alpha value is -0.510. The minimum atomic E-state index is 0.550. The molecule has 0 bridgehead atoms. The zero-order chi connectivity index (χ0) is 12.0. The Kier molecular flexibility index (Phi) is 5.88. The molecule has 0 fully saturated rings. The van der Waals surface area contributed by atoms with Crippen LogP contribution in [0, 0.1) is 5.92 Å². The molecule has 1 aromatic rings. The van der Waals surface area contributed by atoms with Crippen LogP contribution in [0.1, 0.15) is 13.8 Å². The quantitative estimate of drug-likeness (QED) is 0.774. The lowest BCUT2D eigenvalue weighted by Crippen LogP contribution is -2.26. The summed E-state index contributed by atoms with van der Waals surface area (Å²) in [6.07, 6.45) is 1.58. The number of hydrogen-bond acceptors (Lipinski definition) is 3. The molecule has 0 aliphatic heterocycles. The summed E-state index contributed by atoms with van der Waals surface area (Å²) in [6, 6.07) is 1.68. The third-order valence-corrected chi connectivity index (χ3v) is 2.45. The summed E-state index contributed by atoms with van der Waals surface area (Å²) in [7, 11) is 0. The number of nitrogens with zero attached hydrogens (tertiary/aromatic N) is 1. The number of halogens is 2. The second kappa shape index (κ2) is 6.94. The Morgan fingerprint density at radius 2 is 2.06 bits per heavy atom. The molecule has 0 spiro atoms. The van der Waals surface area contributed by atoms with Crippen LogP contribution in [-0.4, -0.2) is 24.6 Å². The highest BCUT2D eigenvalue weighted by atomic mass is 35.5. The van der Waals surface area contributed by atoms with Crippen molar-refractivity contribution in [3.05, 3.63) is 22.3 Å². The van der Waals surface area contributed by atoms with Gasteiger partial charge >= 0.3 is 0 Å². The van der Waals surface area contributed by atoms with Crippen molar-refractivity contribution in [3.63, 3.8) is 0 Å². The highest BCUT2D eigenvalue weighted by Crippen LogP contribution is 2.21. The van der Waals surface area contributed by atoms with Crippen molar-refractivity contribution in [2.24, 2.45) is 5.92 Å². The van der Waals surface area contributed by atoms with Crippen LogP contribution in [0.2, 0.25) is 10.0 Å². The average Bonchev–Trinajstić information content (AvgIpc) is 2.20. The molecule has 0 radical (unpaired) electrons. The predicted molar refractivity (Wildman–Crippen MR) is 70.5 cm³/mol. The first-order valence-corrected chi connectivity index (χ1v) is 6.11. The summed E-state index contributed by atoms with van der Waals surface area (Å²) in [5.74, 6) is 1.34. The summed E-state index contributed by atoms with van der Waals surface area (Å²) >= 11 is 11.7. The fraction of sp³-hybridized carbons (Fsp3) is 0.545. The Bertz CT molecular complexity index is 329. The van der Waals surface area contributed by atoms with Crippen molar-refractivity contribution in [1.29, 1.82) is 0 Å². The molecule has 3 nitrogen and oxygen atoms in total. The molecular weight excluding hydrogens is 245 g/mol. The zero-order valence-corrected chi connectivity index (χ0v) is 11.1. The second-order valence-corrected chi connectivity index (χ2v) is 4.85. The fourth-order valence-electron chi connectivity index (χ4n) is 1.20. The normalized spacial score (nSPS) is 10.8. The van der Waals surface area contributed by atoms with Gasteiger partial charge in [-0.25, -0.2) is 4.98 Å². The Morgan fingerprint density at radius 3 is 2.69 bits per heavy atom. The van der Waals surface area contributed by atoms with Crippen LogP contribution in [0.15, 0.2) is 12.3 Å². The van der Waals surface area contributed by atoms with Gasteiger partial charge in [-0.3, -0.25) is 0 Å². The molecule has 0 unspecified atom stereocenters. The summed E-state index contributed by atoms with van der Waals surface area (Å²) in [6.45, 7) is 7.06. The highest BCUT2D eigenvalue weighted by Gasteiger charge is 2.01. The highest BCUT2D eigenvalue weighted by molar-refractivity contribution is 6.35. The van der Waals surface area contributed by atoms with Crippen molar-refractivity contribution in [2.75, 3.05) is 25.0 Å². The second-order valence-electron chi connectivity index (χ2n) is 4.01. The Morgan fingerprint density at radius 1 is 1.31 bits per heavy atom. The maximum atomic E-state index is 5.96. The van der Waals surface area contributed by atoms with Crippen molar-refractivity contribution >= 4 is 29.0 Å². The number of hydrogen-bond donors (Lipinski definition) is 2. The van der Waals surface area contributed by atoms with Gasteiger partial charge in [0, 0.05) is 19.3 Å². The van der Waals surface area contributed by atoms with E-state index in [1.807, 2.05) is 0 Å². The number of anilines is 1. The molecule has 1 rings (SSSR count). The topological polar surface area (TPSA) is 37.0 Å². The molecule has 1 aromatic heterocycles. The fourth-order valence-corrected chi connectivity index (χ4v) is 1.65. The molecule has 0 amide bonds. The Labute approximate surface area is 107 Å². The first-order valence-electron chi connectivity index (χ1n) is 5.35. The van der Waals surface area contributed by atoms with E-state index in [9.17, 15) is 0 Å². The van der Waals surface area contributed by atoms with E-state index in [1.165, 1.54) is 0 Å². The van der Waals surface area contributed by atoms with Gasteiger partial charge in [0.15, 0.2) is 0 Å². The van der Waals surface area contributed by atoms with Gasteiger partial charge in [0.1, 0.15) is 5.82 Å². The summed E-state index contributed by atoms with van der Waals surface area (Å²) in [5.41, 5.74) is 0. The molecule has 0 atom stereocenters. The van der Waals surface area contributed by atoms with Crippen LogP contribution >= 0.6 is 23.2 Å². The van der Waals surface area contributed by atoms with E-state index in [2.05, 4.69) is 29.5 Å². The van der Waals surface area contributed by atoms with Crippen LogP contribution < -0.4 is 10.6 Å². The van der Waals surface area contributed by atoms with E-state index in [4.69, 9.17) is 23.2 Å². The lowest BCUT2D eigenvalue weighted by molar-refractivity contribution is 0.561. The smallest absolute Gasteiger partial charge is 0.144 e. The lowest BCUT2D eigenvalue weighted by atomic mass is 10.2. The number of nitrogens with one attached hydrogen (secondary N) is 2. The third-order valence-electron chi connectivity index (χ3n) is 1.95. The molecule has 5 heteroatoms. The number of aromatic nitrogens is 1. The first kappa shape index (κ1) is 13.6. The predicted octanol–water partition coefficient (Wildman–Crippen LogP) is 3.05. The van der Waals surface area contributed by atoms with Gasteiger partial charge in [0.25, 0.3) is 0 Å². The third kappa shape index (κ3) is 5.01. The van der Waals surface area contributed by atoms with Crippen LogP contribution in [0.5, 0.6) is 0 Å². The van der Waals surface area contributed by atoms with E-state index in [0.717, 1.165) is 19.6 Å². The van der Waals surface area contributed by atoms with Gasteiger partial charge < -0.3 is 10.6 Å². The van der Waals surface area contributed by atoms with E-state index in [1.54, 1.807) is 12.3 Å². The van der Waals surface area contributed by atoms with Gasteiger partial charge in [-0.1, -0.05) is 37.0 Å². The molecule has 0 aromatic carbocycles. The standard InChI is InChI=1S/C11H17Cl2N3/c1-8(2)6-14-3-4-15-11-10(13)5-9(12)7-16-11/h5,7-8,14H,3-4,6H2,1-2H3,(H,15,16). The van der Waals surface area contributed by atoms with Crippen molar-refractivity contribution in [2.45, 2.75) is 13.8 Å².